The maximum absolute atomic E-state index is 10.5. The van der Waals surface area contributed by atoms with Crippen molar-refractivity contribution in [3.63, 3.8) is 0 Å². The molecule has 2 heteroatoms. The van der Waals surface area contributed by atoms with Gasteiger partial charge in [0.25, 0.3) is 0 Å². The number of aliphatic carboxylic acids is 1. The third kappa shape index (κ3) is 2.82. The van der Waals surface area contributed by atoms with Gasteiger partial charge in [-0.15, -0.1) is 0 Å². The predicted molar refractivity (Wildman–Crippen MR) is 68.5 cm³/mol. The molecular weight excluding hydrogens is 212 g/mol. The molecule has 0 aliphatic heterocycles. The minimum absolute atomic E-state index is 0.904. The first kappa shape index (κ1) is 11.1. The minimum Gasteiger partial charge on any atom is -0.478 e. The fourth-order valence-corrected chi connectivity index (χ4v) is 1.68. The molecule has 0 radical (unpaired) electrons. The van der Waals surface area contributed by atoms with Crippen LogP contribution in [0.5, 0.6) is 0 Å². The summed E-state index contributed by atoms with van der Waals surface area (Å²) in [6, 6.07) is 17.6. The average molecular weight is 224 g/mol. The molecule has 0 saturated carbocycles. The molecule has 1 N–H and O–H groups in total. The number of benzene rings is 2. The molecule has 0 amide bonds. The van der Waals surface area contributed by atoms with E-state index in [1.165, 1.54) is 0 Å². The second-order valence-corrected chi connectivity index (χ2v) is 3.62. The Morgan fingerprint density at radius 2 is 1.59 bits per heavy atom. The molecule has 17 heavy (non-hydrogen) atoms. The van der Waals surface area contributed by atoms with E-state index >= 15 is 0 Å². The van der Waals surface area contributed by atoms with Gasteiger partial charge in [0.1, 0.15) is 0 Å². The second kappa shape index (κ2) is 5.12. The van der Waals surface area contributed by atoms with Crippen LogP contribution in [0.4, 0.5) is 0 Å². The van der Waals surface area contributed by atoms with E-state index in [4.69, 9.17) is 5.11 Å². The zero-order valence-corrected chi connectivity index (χ0v) is 9.21. The number of carboxylic acids is 1. The standard InChI is InChI=1S/C15H12O2/c16-15(17)11-10-13-8-4-5-9-14(13)12-6-2-1-3-7-12/h1-11H,(H,16,17). The quantitative estimate of drug-likeness (QED) is 0.811. The van der Waals surface area contributed by atoms with E-state index in [-0.39, 0.29) is 0 Å². The van der Waals surface area contributed by atoms with Crippen molar-refractivity contribution in [2.24, 2.45) is 0 Å². The van der Waals surface area contributed by atoms with Gasteiger partial charge in [-0.05, 0) is 22.8 Å². The van der Waals surface area contributed by atoms with Crippen LogP contribution in [0.2, 0.25) is 0 Å². The lowest BCUT2D eigenvalue weighted by atomic mass is 9.99. The van der Waals surface area contributed by atoms with Crippen LogP contribution >= 0.6 is 0 Å². The van der Waals surface area contributed by atoms with E-state index in [0.29, 0.717) is 0 Å². The normalized spacial score (nSPS) is 10.6. The van der Waals surface area contributed by atoms with Gasteiger partial charge in [-0.25, -0.2) is 4.79 Å². The van der Waals surface area contributed by atoms with E-state index in [1.54, 1.807) is 6.08 Å². The van der Waals surface area contributed by atoms with Crippen molar-refractivity contribution in [2.45, 2.75) is 0 Å². The lowest BCUT2D eigenvalue weighted by Gasteiger charge is -2.05. The number of carbonyl (C=O) groups is 1. The van der Waals surface area contributed by atoms with E-state index in [0.717, 1.165) is 22.8 Å². The number of hydrogen-bond donors (Lipinski definition) is 1. The summed E-state index contributed by atoms with van der Waals surface area (Å²) < 4.78 is 0. The van der Waals surface area contributed by atoms with Gasteiger partial charge in [0.05, 0.1) is 0 Å². The highest BCUT2D eigenvalue weighted by Gasteiger charge is 2.01. The molecule has 0 aromatic heterocycles. The fraction of sp³-hybridized carbons (Fsp3) is 0. The zero-order chi connectivity index (χ0) is 12.1. The van der Waals surface area contributed by atoms with Crippen LogP contribution in [-0.2, 0) is 4.79 Å². The van der Waals surface area contributed by atoms with Crippen molar-refractivity contribution < 1.29 is 9.90 Å². The van der Waals surface area contributed by atoms with Crippen LogP contribution in [0.3, 0.4) is 0 Å². The summed E-state index contributed by atoms with van der Waals surface area (Å²) in [7, 11) is 0. The lowest BCUT2D eigenvalue weighted by Crippen LogP contribution is -1.87. The molecule has 0 heterocycles. The summed E-state index contributed by atoms with van der Waals surface area (Å²) in [6.45, 7) is 0. The van der Waals surface area contributed by atoms with Crippen LogP contribution in [0.15, 0.2) is 60.7 Å². The van der Waals surface area contributed by atoms with Gasteiger partial charge in [0, 0.05) is 6.08 Å². The molecule has 0 unspecified atom stereocenters. The highest BCUT2D eigenvalue weighted by molar-refractivity contribution is 5.87. The molecule has 0 fully saturated rings. The summed E-state index contributed by atoms with van der Waals surface area (Å²) >= 11 is 0. The third-order valence-electron chi connectivity index (χ3n) is 2.45. The second-order valence-electron chi connectivity index (χ2n) is 3.62. The Morgan fingerprint density at radius 1 is 0.941 bits per heavy atom. The van der Waals surface area contributed by atoms with Crippen molar-refractivity contribution in [3.05, 3.63) is 66.2 Å². The van der Waals surface area contributed by atoms with Gasteiger partial charge in [0.2, 0.25) is 0 Å². The average Bonchev–Trinajstić information content (AvgIpc) is 2.38. The molecule has 84 valence electrons. The van der Waals surface area contributed by atoms with Gasteiger partial charge in [0.15, 0.2) is 0 Å². The zero-order valence-electron chi connectivity index (χ0n) is 9.21. The first-order valence-corrected chi connectivity index (χ1v) is 5.33. The van der Waals surface area contributed by atoms with Gasteiger partial charge in [-0.3, -0.25) is 0 Å². The van der Waals surface area contributed by atoms with Crippen LogP contribution in [0.25, 0.3) is 17.2 Å². The Hall–Kier alpha value is -2.35. The Bertz CT molecular complexity index is 542. The summed E-state index contributed by atoms with van der Waals surface area (Å²) in [6.07, 6.45) is 2.77. The van der Waals surface area contributed by atoms with E-state index in [2.05, 4.69) is 0 Å². The molecule has 2 aromatic rings. The predicted octanol–water partition coefficient (Wildman–Crippen LogP) is 3.45. The van der Waals surface area contributed by atoms with Crippen molar-refractivity contribution >= 4 is 12.0 Å². The number of carboxylic acid groups (broad SMARTS) is 1. The van der Waals surface area contributed by atoms with E-state index in [1.807, 2.05) is 54.6 Å². The summed E-state index contributed by atoms with van der Waals surface area (Å²) in [5.74, 6) is -0.937. The van der Waals surface area contributed by atoms with Gasteiger partial charge >= 0.3 is 5.97 Å². The van der Waals surface area contributed by atoms with Gasteiger partial charge in [-0.1, -0.05) is 54.6 Å². The van der Waals surface area contributed by atoms with Gasteiger partial charge < -0.3 is 5.11 Å². The molecule has 0 spiro atoms. The Labute approximate surface area is 99.8 Å². The molecule has 2 aromatic carbocycles. The lowest BCUT2D eigenvalue weighted by molar-refractivity contribution is -0.131. The SMILES string of the molecule is O=C(O)C=Cc1ccccc1-c1ccccc1. The van der Waals surface area contributed by atoms with Gasteiger partial charge in [-0.2, -0.15) is 0 Å². The Kier molecular flexibility index (Phi) is 3.36. The van der Waals surface area contributed by atoms with Crippen LogP contribution < -0.4 is 0 Å². The third-order valence-corrected chi connectivity index (χ3v) is 2.45. The number of rotatable bonds is 3. The highest BCUT2D eigenvalue weighted by atomic mass is 16.4. The molecule has 0 aliphatic carbocycles. The Balaban J connectivity index is 2.45. The van der Waals surface area contributed by atoms with E-state index < -0.39 is 5.97 Å². The number of hydrogen-bond acceptors (Lipinski definition) is 1. The van der Waals surface area contributed by atoms with Crippen LogP contribution in [-0.4, -0.2) is 11.1 Å². The van der Waals surface area contributed by atoms with Crippen LogP contribution in [0, 0.1) is 0 Å². The molecule has 0 bridgehead atoms. The topological polar surface area (TPSA) is 37.3 Å². The van der Waals surface area contributed by atoms with Crippen molar-refractivity contribution in [1.29, 1.82) is 0 Å². The first-order chi connectivity index (χ1) is 8.27. The molecule has 0 saturated heterocycles. The highest BCUT2D eigenvalue weighted by Crippen LogP contribution is 2.24. The minimum atomic E-state index is -0.937. The fourth-order valence-electron chi connectivity index (χ4n) is 1.68. The summed E-state index contributed by atoms with van der Waals surface area (Å²) in [5, 5.41) is 8.65. The van der Waals surface area contributed by atoms with Crippen LogP contribution in [0.1, 0.15) is 5.56 Å². The smallest absolute Gasteiger partial charge is 0.328 e. The molecule has 2 nitrogen and oxygen atoms in total. The van der Waals surface area contributed by atoms with E-state index in [9.17, 15) is 4.79 Å². The van der Waals surface area contributed by atoms with Crippen molar-refractivity contribution in [2.75, 3.05) is 0 Å². The maximum Gasteiger partial charge on any atom is 0.328 e. The largest absolute Gasteiger partial charge is 0.478 e. The Morgan fingerprint density at radius 3 is 2.29 bits per heavy atom. The first-order valence-electron chi connectivity index (χ1n) is 5.33. The molecule has 0 aliphatic rings. The monoisotopic (exact) mass is 224 g/mol. The maximum atomic E-state index is 10.5. The summed E-state index contributed by atoms with van der Waals surface area (Å²) in [4.78, 5) is 10.5. The van der Waals surface area contributed by atoms with Crippen molar-refractivity contribution in [1.82, 2.24) is 0 Å². The van der Waals surface area contributed by atoms with Crippen molar-refractivity contribution in [3.8, 4) is 11.1 Å². The molecular formula is C15H12O2. The molecule has 2 rings (SSSR count). The summed E-state index contributed by atoms with van der Waals surface area (Å²) in [5.41, 5.74) is 3.02. The molecule has 0 atom stereocenters.